The first-order chi connectivity index (χ1) is 7.59. The normalized spacial score (nSPS) is 18.1. The molecule has 0 spiro atoms. The zero-order valence-electron chi connectivity index (χ0n) is 10.0. The lowest BCUT2D eigenvalue weighted by molar-refractivity contribution is -0.464. The summed E-state index contributed by atoms with van der Waals surface area (Å²) >= 11 is 0. The van der Waals surface area contributed by atoms with E-state index >= 15 is 0 Å². The molecule has 2 rings (SSSR count). The Balaban J connectivity index is 2.26. The fourth-order valence-electron chi connectivity index (χ4n) is 1.57. The van der Waals surface area contributed by atoms with E-state index in [2.05, 4.69) is 10.6 Å². The van der Waals surface area contributed by atoms with Crippen LogP contribution in [0.4, 0.5) is 0 Å². The van der Waals surface area contributed by atoms with Crippen molar-refractivity contribution in [1.29, 1.82) is 0 Å². The van der Waals surface area contributed by atoms with Crippen molar-refractivity contribution in [3.63, 3.8) is 0 Å². The van der Waals surface area contributed by atoms with Crippen molar-refractivity contribution in [2.24, 2.45) is 5.10 Å². The van der Waals surface area contributed by atoms with E-state index in [0.717, 1.165) is 11.5 Å². The second-order valence-corrected chi connectivity index (χ2v) is 4.07. The van der Waals surface area contributed by atoms with Crippen molar-refractivity contribution in [3.05, 3.63) is 24.0 Å². The van der Waals surface area contributed by atoms with Gasteiger partial charge >= 0.3 is 0 Å². The lowest BCUT2D eigenvalue weighted by atomic mass is 10.3. The molecule has 0 saturated carbocycles. The third-order valence-corrected chi connectivity index (χ3v) is 2.23. The molecule has 0 aromatic heterocycles. The SMILES string of the molecule is CN(C)N1C=CC=C2C1=NNN2C=[N+](C)C. The Hall–Kier alpha value is -1.82. The average Bonchev–Trinajstić information content (AvgIpc) is 2.60. The molecule has 0 saturated heterocycles. The van der Waals surface area contributed by atoms with Crippen LogP contribution >= 0.6 is 0 Å². The fourth-order valence-corrected chi connectivity index (χ4v) is 1.57. The van der Waals surface area contributed by atoms with Crippen molar-refractivity contribution in [2.45, 2.75) is 0 Å². The fraction of sp³-hybridized carbons (Fsp3) is 0.400. The van der Waals surface area contributed by atoms with Crippen LogP contribution in [-0.4, -0.2) is 60.0 Å². The Bertz CT molecular complexity index is 400. The number of rotatable bonds is 2. The van der Waals surface area contributed by atoms with Gasteiger partial charge in [-0.2, -0.15) is 0 Å². The molecule has 0 atom stereocenters. The number of hydrogen-bond donors (Lipinski definition) is 1. The Labute approximate surface area is 95.4 Å². The van der Waals surface area contributed by atoms with E-state index < -0.39 is 0 Å². The van der Waals surface area contributed by atoms with E-state index in [-0.39, 0.29) is 0 Å². The van der Waals surface area contributed by atoms with E-state index in [1.54, 1.807) is 0 Å². The number of hydrazone groups is 1. The third kappa shape index (κ3) is 1.79. The molecule has 16 heavy (non-hydrogen) atoms. The Morgan fingerprint density at radius 3 is 2.81 bits per heavy atom. The summed E-state index contributed by atoms with van der Waals surface area (Å²) in [5, 5.41) is 10.1. The minimum atomic E-state index is 0.894. The summed E-state index contributed by atoms with van der Waals surface area (Å²) in [5.74, 6) is 0.894. The van der Waals surface area contributed by atoms with Gasteiger partial charge in [0, 0.05) is 20.3 Å². The van der Waals surface area contributed by atoms with E-state index in [1.807, 2.05) is 72.5 Å². The van der Waals surface area contributed by atoms with Gasteiger partial charge in [-0.15, -0.1) is 15.6 Å². The van der Waals surface area contributed by atoms with Crippen LogP contribution in [0.3, 0.4) is 0 Å². The molecule has 0 aliphatic carbocycles. The maximum Gasteiger partial charge on any atom is 0.264 e. The van der Waals surface area contributed by atoms with Crippen molar-refractivity contribution in [1.82, 2.24) is 20.6 Å². The number of hydrazine groups is 2. The zero-order valence-corrected chi connectivity index (χ0v) is 10.0. The lowest BCUT2D eigenvalue weighted by Crippen LogP contribution is -2.41. The maximum atomic E-state index is 4.29. The van der Waals surface area contributed by atoms with Gasteiger partial charge in [0.15, 0.2) is 0 Å². The van der Waals surface area contributed by atoms with Crippen LogP contribution in [0.2, 0.25) is 0 Å². The summed E-state index contributed by atoms with van der Waals surface area (Å²) in [7, 11) is 7.91. The highest BCUT2D eigenvalue weighted by atomic mass is 15.7. The minimum absolute atomic E-state index is 0.894. The highest BCUT2D eigenvalue weighted by molar-refractivity contribution is 6.01. The second-order valence-electron chi connectivity index (χ2n) is 4.07. The number of fused-ring (bicyclic) bond motifs is 1. The number of hydrogen-bond acceptors (Lipinski definition) is 4. The summed E-state index contributed by atoms with van der Waals surface area (Å²) in [6.07, 6.45) is 7.94. The van der Waals surface area contributed by atoms with E-state index in [9.17, 15) is 0 Å². The van der Waals surface area contributed by atoms with Crippen LogP contribution in [0.5, 0.6) is 0 Å². The molecule has 0 bridgehead atoms. The van der Waals surface area contributed by atoms with Crippen LogP contribution in [-0.2, 0) is 0 Å². The smallest absolute Gasteiger partial charge is 0.264 e. The number of nitrogens with zero attached hydrogens (tertiary/aromatic N) is 5. The van der Waals surface area contributed by atoms with E-state index in [1.165, 1.54) is 0 Å². The van der Waals surface area contributed by atoms with Crippen molar-refractivity contribution < 1.29 is 4.58 Å². The lowest BCUT2D eigenvalue weighted by Gasteiger charge is -2.27. The molecule has 6 heteroatoms. The number of nitrogens with one attached hydrogen (secondary N) is 1. The molecule has 0 aromatic rings. The quantitative estimate of drug-likeness (QED) is 0.391. The number of allylic oxidation sites excluding steroid dienone is 2. The predicted octanol–water partition coefficient (Wildman–Crippen LogP) is -0.390. The molecule has 0 radical (unpaired) electrons. The highest BCUT2D eigenvalue weighted by Crippen LogP contribution is 2.17. The molecule has 0 amide bonds. The summed E-state index contributed by atoms with van der Waals surface area (Å²) in [6.45, 7) is 0. The first-order valence-corrected chi connectivity index (χ1v) is 5.09. The molecule has 0 aromatic carbocycles. The summed E-state index contributed by atoms with van der Waals surface area (Å²) in [4.78, 5) is 0. The molecule has 1 N–H and O–H groups in total. The zero-order chi connectivity index (χ0) is 11.7. The van der Waals surface area contributed by atoms with E-state index in [0.29, 0.717) is 0 Å². The van der Waals surface area contributed by atoms with Gasteiger partial charge in [-0.05, 0) is 12.2 Å². The molecule has 0 fully saturated rings. The molecule has 6 nitrogen and oxygen atoms in total. The molecule has 2 heterocycles. The molecule has 2 aliphatic heterocycles. The van der Waals surface area contributed by atoms with Gasteiger partial charge in [0.2, 0.25) is 11.5 Å². The van der Waals surface area contributed by atoms with Crippen LogP contribution < -0.4 is 5.53 Å². The van der Waals surface area contributed by atoms with Gasteiger partial charge in [-0.1, -0.05) is 0 Å². The van der Waals surface area contributed by atoms with Crippen molar-refractivity contribution in [2.75, 3.05) is 28.2 Å². The molecule has 2 aliphatic rings. The van der Waals surface area contributed by atoms with Gasteiger partial charge in [0.25, 0.3) is 6.34 Å². The van der Waals surface area contributed by atoms with Gasteiger partial charge in [-0.25, -0.2) is 5.01 Å². The van der Waals surface area contributed by atoms with Crippen LogP contribution in [0.25, 0.3) is 0 Å². The van der Waals surface area contributed by atoms with Gasteiger partial charge in [0.05, 0.1) is 14.1 Å². The number of amidine groups is 1. The third-order valence-electron chi connectivity index (χ3n) is 2.23. The summed E-state index contributed by atoms with van der Waals surface area (Å²) in [5.41, 5.74) is 3.99. The van der Waals surface area contributed by atoms with Crippen molar-refractivity contribution >= 4 is 12.2 Å². The Morgan fingerprint density at radius 1 is 1.44 bits per heavy atom. The van der Waals surface area contributed by atoms with Crippen LogP contribution in [0.15, 0.2) is 29.2 Å². The Morgan fingerprint density at radius 2 is 2.19 bits per heavy atom. The van der Waals surface area contributed by atoms with Gasteiger partial charge < -0.3 is 0 Å². The molecule has 86 valence electrons. The van der Waals surface area contributed by atoms with Gasteiger partial charge in [0.1, 0.15) is 0 Å². The topological polar surface area (TPSA) is 37.1 Å². The monoisotopic (exact) mass is 221 g/mol. The van der Waals surface area contributed by atoms with Crippen LogP contribution in [0, 0.1) is 0 Å². The largest absolute Gasteiger partial charge is 0.272 e. The first kappa shape index (κ1) is 10.7. The standard InChI is InChI=1S/C10H17N6/c1-13(2)8-15-9-6-5-7-16(14(3)4)10(9)11-12-15/h5-8,12H,1-4H3/q+1. The second kappa shape index (κ2) is 3.97. The highest BCUT2D eigenvalue weighted by Gasteiger charge is 2.33. The van der Waals surface area contributed by atoms with Crippen LogP contribution in [0.1, 0.15) is 0 Å². The van der Waals surface area contributed by atoms with E-state index in [4.69, 9.17) is 0 Å². The van der Waals surface area contributed by atoms with Gasteiger partial charge in [-0.3, -0.25) is 9.58 Å². The molecular weight excluding hydrogens is 204 g/mol. The minimum Gasteiger partial charge on any atom is -0.272 e. The first-order valence-electron chi connectivity index (χ1n) is 5.09. The summed E-state index contributed by atoms with van der Waals surface area (Å²) < 4.78 is 1.96. The maximum absolute atomic E-state index is 4.29. The summed E-state index contributed by atoms with van der Waals surface area (Å²) in [6, 6.07) is 0. The van der Waals surface area contributed by atoms with Crippen molar-refractivity contribution in [3.8, 4) is 0 Å². The predicted molar refractivity (Wildman–Crippen MR) is 63.3 cm³/mol. The average molecular weight is 221 g/mol. The molecular formula is C10H17N6+. The Kier molecular flexibility index (Phi) is 2.66. The molecule has 0 unspecified atom stereocenters.